The standard InChI is InChI=1S/C13H21N3O2S/c14-10-11-2-3-12(19-11)13(17)15-4-1-5-16-6-8-18-9-7-16/h2-3H,1,4-10,14H2,(H,15,17). The van der Waals surface area contributed by atoms with Crippen molar-refractivity contribution in [2.24, 2.45) is 5.73 Å². The van der Waals surface area contributed by atoms with Gasteiger partial charge in [0.15, 0.2) is 0 Å². The number of carbonyl (C=O) groups excluding carboxylic acids is 1. The van der Waals surface area contributed by atoms with Crippen LogP contribution in [0.25, 0.3) is 0 Å². The fourth-order valence-corrected chi connectivity index (χ4v) is 2.83. The Morgan fingerprint density at radius 1 is 1.42 bits per heavy atom. The molecule has 1 fully saturated rings. The first-order valence-electron chi connectivity index (χ1n) is 6.66. The first kappa shape index (κ1) is 14.5. The number of hydrogen-bond acceptors (Lipinski definition) is 5. The second-order valence-corrected chi connectivity index (χ2v) is 5.70. The predicted molar refractivity (Wildman–Crippen MR) is 76.4 cm³/mol. The number of amides is 1. The van der Waals surface area contributed by atoms with Crippen molar-refractivity contribution in [3.8, 4) is 0 Å². The lowest BCUT2D eigenvalue weighted by molar-refractivity contribution is 0.0374. The molecule has 106 valence electrons. The van der Waals surface area contributed by atoms with Crippen molar-refractivity contribution in [3.05, 3.63) is 21.9 Å². The topological polar surface area (TPSA) is 67.6 Å². The molecular formula is C13H21N3O2S. The summed E-state index contributed by atoms with van der Waals surface area (Å²) in [4.78, 5) is 16.0. The molecule has 1 aliphatic heterocycles. The van der Waals surface area contributed by atoms with Crippen LogP contribution < -0.4 is 11.1 Å². The molecule has 0 radical (unpaired) electrons. The van der Waals surface area contributed by atoms with Gasteiger partial charge in [0.05, 0.1) is 18.1 Å². The number of nitrogens with one attached hydrogen (secondary N) is 1. The highest BCUT2D eigenvalue weighted by Gasteiger charge is 2.11. The van der Waals surface area contributed by atoms with Crippen LogP contribution in [0.3, 0.4) is 0 Å². The minimum atomic E-state index is 0.00618. The summed E-state index contributed by atoms with van der Waals surface area (Å²) in [5, 5.41) is 2.95. The Morgan fingerprint density at radius 2 is 2.21 bits per heavy atom. The summed E-state index contributed by atoms with van der Waals surface area (Å²) in [6.07, 6.45) is 0.973. The van der Waals surface area contributed by atoms with Gasteiger partial charge in [-0.3, -0.25) is 9.69 Å². The number of rotatable bonds is 6. The largest absolute Gasteiger partial charge is 0.379 e. The zero-order valence-electron chi connectivity index (χ0n) is 11.1. The van der Waals surface area contributed by atoms with E-state index in [1.165, 1.54) is 11.3 Å². The molecule has 3 N–H and O–H groups in total. The average molecular weight is 283 g/mol. The van der Waals surface area contributed by atoms with Crippen LogP contribution in [0.5, 0.6) is 0 Å². The van der Waals surface area contributed by atoms with Crippen molar-refractivity contribution >= 4 is 17.2 Å². The van der Waals surface area contributed by atoms with E-state index in [1.807, 2.05) is 12.1 Å². The number of ether oxygens (including phenoxy) is 1. The molecule has 5 nitrogen and oxygen atoms in total. The molecule has 2 heterocycles. The van der Waals surface area contributed by atoms with Gasteiger partial charge in [-0.15, -0.1) is 11.3 Å². The average Bonchev–Trinajstić information content (AvgIpc) is 2.93. The summed E-state index contributed by atoms with van der Waals surface area (Å²) in [7, 11) is 0. The summed E-state index contributed by atoms with van der Waals surface area (Å²) in [6, 6.07) is 3.75. The van der Waals surface area contributed by atoms with Crippen molar-refractivity contribution in [1.29, 1.82) is 0 Å². The lowest BCUT2D eigenvalue weighted by atomic mass is 10.3. The Balaban J connectivity index is 1.63. The molecule has 0 aromatic carbocycles. The lowest BCUT2D eigenvalue weighted by Crippen LogP contribution is -2.38. The summed E-state index contributed by atoms with van der Waals surface area (Å²) >= 11 is 1.46. The molecular weight excluding hydrogens is 262 g/mol. The maximum atomic E-state index is 11.8. The third-order valence-corrected chi connectivity index (χ3v) is 4.23. The van der Waals surface area contributed by atoms with Crippen molar-refractivity contribution in [3.63, 3.8) is 0 Å². The van der Waals surface area contributed by atoms with Gasteiger partial charge in [0.1, 0.15) is 0 Å². The van der Waals surface area contributed by atoms with Gasteiger partial charge in [-0.1, -0.05) is 0 Å². The summed E-state index contributed by atoms with van der Waals surface area (Å²) in [5.74, 6) is 0.00618. The van der Waals surface area contributed by atoms with E-state index in [1.54, 1.807) is 0 Å². The first-order chi connectivity index (χ1) is 9.29. The van der Waals surface area contributed by atoms with E-state index in [9.17, 15) is 4.79 Å². The van der Waals surface area contributed by atoms with Crippen LogP contribution in [0.4, 0.5) is 0 Å². The fraction of sp³-hybridized carbons (Fsp3) is 0.615. The van der Waals surface area contributed by atoms with Gasteiger partial charge < -0.3 is 15.8 Å². The summed E-state index contributed by atoms with van der Waals surface area (Å²) in [6.45, 7) is 5.87. The first-order valence-corrected chi connectivity index (χ1v) is 7.48. The fourth-order valence-electron chi connectivity index (χ4n) is 2.03. The highest BCUT2D eigenvalue weighted by molar-refractivity contribution is 7.14. The Bertz CT molecular complexity index is 402. The van der Waals surface area contributed by atoms with Crippen LogP contribution in [0, 0.1) is 0 Å². The number of nitrogens with zero attached hydrogens (tertiary/aromatic N) is 1. The van der Waals surface area contributed by atoms with Crippen molar-refractivity contribution < 1.29 is 9.53 Å². The van der Waals surface area contributed by atoms with E-state index in [0.29, 0.717) is 13.1 Å². The lowest BCUT2D eigenvalue weighted by Gasteiger charge is -2.26. The second-order valence-electron chi connectivity index (χ2n) is 4.53. The number of morpholine rings is 1. The molecule has 0 atom stereocenters. The maximum absolute atomic E-state index is 11.8. The molecule has 0 spiro atoms. The van der Waals surface area contributed by atoms with Crippen molar-refractivity contribution in [2.45, 2.75) is 13.0 Å². The number of hydrogen-bond donors (Lipinski definition) is 2. The molecule has 0 unspecified atom stereocenters. The van der Waals surface area contributed by atoms with Gasteiger partial charge in [-0.2, -0.15) is 0 Å². The number of thiophene rings is 1. The van der Waals surface area contributed by atoms with Crippen LogP contribution in [0.15, 0.2) is 12.1 Å². The Labute approximate surface area is 117 Å². The van der Waals surface area contributed by atoms with Crippen molar-refractivity contribution in [2.75, 3.05) is 39.4 Å². The van der Waals surface area contributed by atoms with Gasteiger partial charge in [-0.25, -0.2) is 0 Å². The molecule has 2 rings (SSSR count). The van der Waals surface area contributed by atoms with E-state index in [-0.39, 0.29) is 5.91 Å². The van der Waals surface area contributed by atoms with Crippen LogP contribution in [0.1, 0.15) is 21.0 Å². The zero-order valence-corrected chi connectivity index (χ0v) is 11.9. The molecule has 0 aliphatic carbocycles. The molecule has 6 heteroatoms. The monoisotopic (exact) mass is 283 g/mol. The van der Waals surface area contributed by atoms with Gasteiger partial charge in [0.2, 0.25) is 0 Å². The molecule has 1 aromatic rings. The van der Waals surface area contributed by atoms with Crippen LogP contribution in [0.2, 0.25) is 0 Å². The molecule has 1 amide bonds. The van der Waals surface area contributed by atoms with Gasteiger partial charge in [-0.05, 0) is 25.1 Å². The smallest absolute Gasteiger partial charge is 0.261 e. The molecule has 1 aromatic heterocycles. The van der Waals surface area contributed by atoms with E-state index < -0.39 is 0 Å². The van der Waals surface area contributed by atoms with Crippen LogP contribution in [-0.2, 0) is 11.3 Å². The number of nitrogens with two attached hydrogens (primary N) is 1. The van der Waals surface area contributed by atoms with Crippen molar-refractivity contribution in [1.82, 2.24) is 10.2 Å². The third-order valence-electron chi connectivity index (χ3n) is 3.13. The summed E-state index contributed by atoms with van der Waals surface area (Å²) in [5.41, 5.74) is 5.53. The second kappa shape index (κ2) is 7.59. The number of carbonyl (C=O) groups is 1. The van der Waals surface area contributed by atoms with E-state index in [2.05, 4.69) is 10.2 Å². The predicted octanol–water partition coefficient (Wildman–Crippen LogP) is 0.659. The van der Waals surface area contributed by atoms with Crippen LogP contribution in [-0.4, -0.2) is 50.2 Å². The highest BCUT2D eigenvalue weighted by atomic mass is 32.1. The molecule has 1 aliphatic rings. The zero-order chi connectivity index (χ0) is 13.5. The highest BCUT2D eigenvalue weighted by Crippen LogP contribution is 2.15. The third kappa shape index (κ3) is 4.58. The molecule has 19 heavy (non-hydrogen) atoms. The van der Waals surface area contributed by atoms with Gasteiger partial charge >= 0.3 is 0 Å². The minimum absolute atomic E-state index is 0.00618. The maximum Gasteiger partial charge on any atom is 0.261 e. The Morgan fingerprint density at radius 3 is 2.89 bits per heavy atom. The quantitative estimate of drug-likeness (QED) is 0.753. The Hall–Kier alpha value is -0.950. The minimum Gasteiger partial charge on any atom is -0.379 e. The molecule has 0 saturated carbocycles. The van der Waals surface area contributed by atoms with E-state index in [4.69, 9.17) is 10.5 Å². The van der Waals surface area contributed by atoms with Gasteiger partial charge in [0.25, 0.3) is 5.91 Å². The van der Waals surface area contributed by atoms with E-state index >= 15 is 0 Å². The summed E-state index contributed by atoms with van der Waals surface area (Å²) < 4.78 is 5.29. The SMILES string of the molecule is NCc1ccc(C(=O)NCCCN2CCOCC2)s1. The Kier molecular flexibility index (Phi) is 5.78. The normalized spacial score (nSPS) is 16.5. The van der Waals surface area contributed by atoms with Gasteiger partial charge in [0, 0.05) is 31.1 Å². The van der Waals surface area contributed by atoms with E-state index in [0.717, 1.165) is 49.0 Å². The molecule has 1 saturated heterocycles. The molecule has 0 bridgehead atoms. The van der Waals surface area contributed by atoms with Crippen LogP contribution >= 0.6 is 11.3 Å².